The molecule has 0 radical (unpaired) electrons. The lowest BCUT2D eigenvalue weighted by Crippen LogP contribution is -2.50. The van der Waals surface area contributed by atoms with E-state index in [0.717, 1.165) is 38.8 Å². The van der Waals surface area contributed by atoms with Gasteiger partial charge in [-0.15, -0.1) is 0 Å². The van der Waals surface area contributed by atoms with Gasteiger partial charge in [-0.3, -0.25) is 14.5 Å². The van der Waals surface area contributed by atoms with E-state index < -0.39 is 0 Å². The average Bonchev–Trinajstić information content (AvgIpc) is 2.49. The molecule has 0 atom stereocenters. The second-order valence-electron chi connectivity index (χ2n) is 8.18. The van der Waals surface area contributed by atoms with Gasteiger partial charge in [-0.25, -0.2) is 0 Å². The predicted octanol–water partition coefficient (Wildman–Crippen LogP) is 2.06. The summed E-state index contributed by atoms with van der Waals surface area (Å²) in [4.78, 5) is 26.4. The molecule has 0 bridgehead atoms. The van der Waals surface area contributed by atoms with E-state index in [-0.39, 0.29) is 23.3 Å². The highest BCUT2D eigenvalue weighted by molar-refractivity contribution is 5.81. The number of nitrogens with one attached hydrogen (secondary N) is 2. The summed E-state index contributed by atoms with van der Waals surface area (Å²) in [5.41, 5.74) is -0.336. The molecule has 0 aromatic rings. The van der Waals surface area contributed by atoms with Crippen LogP contribution in [0.4, 0.5) is 0 Å². The summed E-state index contributed by atoms with van der Waals surface area (Å²) in [6, 6.07) is 0.638. The molecule has 1 saturated heterocycles. The molecule has 1 aliphatic carbocycles. The number of piperidine rings is 1. The van der Waals surface area contributed by atoms with Crippen LogP contribution in [0.3, 0.4) is 0 Å². The molecule has 0 unspecified atom stereocenters. The molecular weight excluding hydrogens is 290 g/mol. The van der Waals surface area contributed by atoms with Crippen LogP contribution >= 0.6 is 0 Å². The maximum atomic E-state index is 12.1. The summed E-state index contributed by atoms with van der Waals surface area (Å²) in [5, 5.41) is 6.31. The number of hydrogen-bond acceptors (Lipinski definition) is 3. The van der Waals surface area contributed by atoms with Gasteiger partial charge in [-0.1, -0.05) is 40.0 Å². The van der Waals surface area contributed by atoms with Crippen LogP contribution in [-0.2, 0) is 9.59 Å². The molecule has 1 saturated carbocycles. The largest absolute Gasteiger partial charge is 0.353 e. The van der Waals surface area contributed by atoms with Crippen molar-refractivity contribution in [2.45, 2.75) is 77.8 Å². The van der Waals surface area contributed by atoms with Crippen LogP contribution in [0.15, 0.2) is 0 Å². The molecule has 2 N–H and O–H groups in total. The first-order valence-electron chi connectivity index (χ1n) is 9.17. The molecule has 2 rings (SSSR count). The Balaban J connectivity index is 1.66. The van der Waals surface area contributed by atoms with E-state index in [0.29, 0.717) is 12.6 Å². The number of hydrogen-bond donors (Lipinski definition) is 2. The van der Waals surface area contributed by atoms with Crippen LogP contribution in [0.5, 0.6) is 0 Å². The van der Waals surface area contributed by atoms with E-state index in [2.05, 4.69) is 15.5 Å². The van der Waals surface area contributed by atoms with E-state index in [9.17, 15) is 9.59 Å². The summed E-state index contributed by atoms with van der Waals surface area (Å²) in [6.45, 7) is 8.07. The van der Waals surface area contributed by atoms with Crippen molar-refractivity contribution >= 4 is 11.8 Å². The van der Waals surface area contributed by atoms with Crippen LogP contribution in [0.25, 0.3) is 0 Å². The molecule has 1 aliphatic heterocycles. The van der Waals surface area contributed by atoms with Gasteiger partial charge in [-0.05, 0) is 25.7 Å². The number of amides is 2. The van der Waals surface area contributed by atoms with E-state index in [1.165, 1.54) is 19.3 Å². The Morgan fingerprint density at radius 3 is 2.04 bits per heavy atom. The van der Waals surface area contributed by atoms with Gasteiger partial charge in [-0.2, -0.15) is 0 Å². The van der Waals surface area contributed by atoms with Crippen molar-refractivity contribution in [3.05, 3.63) is 0 Å². The minimum Gasteiger partial charge on any atom is -0.353 e. The van der Waals surface area contributed by atoms with Gasteiger partial charge in [0.1, 0.15) is 0 Å². The van der Waals surface area contributed by atoms with E-state index >= 15 is 0 Å². The van der Waals surface area contributed by atoms with Gasteiger partial charge in [0, 0.05) is 30.6 Å². The molecule has 23 heavy (non-hydrogen) atoms. The third-order valence-corrected chi connectivity index (χ3v) is 4.94. The predicted molar refractivity (Wildman–Crippen MR) is 92.1 cm³/mol. The highest BCUT2D eigenvalue weighted by atomic mass is 16.2. The molecule has 2 aliphatic rings. The van der Waals surface area contributed by atoms with Crippen LogP contribution < -0.4 is 10.6 Å². The van der Waals surface area contributed by atoms with Crippen molar-refractivity contribution in [3.63, 3.8) is 0 Å². The topological polar surface area (TPSA) is 61.4 Å². The first-order chi connectivity index (χ1) is 10.8. The second-order valence-corrected chi connectivity index (χ2v) is 8.18. The molecule has 5 heteroatoms. The molecule has 2 amide bonds. The fraction of sp³-hybridized carbons (Fsp3) is 0.889. The highest BCUT2D eigenvalue weighted by Crippen LogP contribution is 2.18. The summed E-state index contributed by atoms with van der Waals surface area (Å²) in [7, 11) is 0. The fourth-order valence-corrected chi connectivity index (χ4v) is 3.36. The zero-order chi connectivity index (χ0) is 16.9. The van der Waals surface area contributed by atoms with Crippen molar-refractivity contribution in [2.24, 2.45) is 5.41 Å². The fourth-order valence-electron chi connectivity index (χ4n) is 3.36. The average molecular weight is 323 g/mol. The standard InChI is InChI=1S/C18H33N3O2/c1-18(2,3)17(23)20-15-9-11-21(12-10-15)13-16(22)19-14-7-5-4-6-8-14/h14-15H,4-13H2,1-3H3,(H,19,22)(H,20,23). The summed E-state index contributed by atoms with van der Waals surface area (Å²) in [5.74, 6) is 0.278. The van der Waals surface area contributed by atoms with E-state index in [1.807, 2.05) is 20.8 Å². The molecule has 2 fully saturated rings. The minimum atomic E-state index is -0.336. The number of nitrogens with zero attached hydrogens (tertiary/aromatic N) is 1. The molecule has 0 aromatic heterocycles. The van der Waals surface area contributed by atoms with E-state index in [4.69, 9.17) is 0 Å². The summed E-state index contributed by atoms with van der Waals surface area (Å²) >= 11 is 0. The molecule has 1 heterocycles. The van der Waals surface area contributed by atoms with Crippen LogP contribution in [-0.4, -0.2) is 48.4 Å². The smallest absolute Gasteiger partial charge is 0.234 e. The quantitative estimate of drug-likeness (QED) is 0.832. The molecule has 0 spiro atoms. The van der Waals surface area contributed by atoms with Crippen molar-refractivity contribution in [2.75, 3.05) is 19.6 Å². The first-order valence-corrected chi connectivity index (χ1v) is 9.17. The van der Waals surface area contributed by atoms with Crippen LogP contribution in [0, 0.1) is 5.41 Å². The Labute approximate surface area is 140 Å². The Bertz CT molecular complexity index is 403. The van der Waals surface area contributed by atoms with Crippen LogP contribution in [0.1, 0.15) is 65.7 Å². The summed E-state index contributed by atoms with van der Waals surface area (Å²) in [6.07, 6.45) is 7.91. The third kappa shape index (κ3) is 6.13. The van der Waals surface area contributed by atoms with Gasteiger partial charge in [0.05, 0.1) is 6.54 Å². The zero-order valence-electron chi connectivity index (χ0n) is 15.0. The number of carbonyl (C=O) groups excluding carboxylic acids is 2. The second kappa shape index (κ2) is 8.13. The van der Waals surface area contributed by atoms with Gasteiger partial charge in [0.25, 0.3) is 0 Å². The van der Waals surface area contributed by atoms with Crippen molar-refractivity contribution < 1.29 is 9.59 Å². The Morgan fingerprint density at radius 2 is 1.48 bits per heavy atom. The van der Waals surface area contributed by atoms with Crippen molar-refractivity contribution in [1.82, 2.24) is 15.5 Å². The van der Waals surface area contributed by atoms with Gasteiger partial charge in [0.15, 0.2) is 0 Å². The van der Waals surface area contributed by atoms with Crippen LogP contribution in [0.2, 0.25) is 0 Å². The molecule has 0 aromatic carbocycles. The lowest BCUT2D eigenvalue weighted by Gasteiger charge is -2.33. The van der Waals surface area contributed by atoms with Crippen molar-refractivity contribution in [3.8, 4) is 0 Å². The van der Waals surface area contributed by atoms with Gasteiger partial charge in [0.2, 0.25) is 11.8 Å². The number of rotatable bonds is 4. The highest BCUT2D eigenvalue weighted by Gasteiger charge is 2.27. The van der Waals surface area contributed by atoms with Gasteiger partial charge < -0.3 is 10.6 Å². The Morgan fingerprint density at radius 1 is 0.913 bits per heavy atom. The van der Waals surface area contributed by atoms with Crippen molar-refractivity contribution in [1.29, 1.82) is 0 Å². The molecule has 5 nitrogen and oxygen atoms in total. The first kappa shape index (κ1) is 18.2. The lowest BCUT2D eigenvalue weighted by atomic mass is 9.94. The summed E-state index contributed by atoms with van der Waals surface area (Å²) < 4.78 is 0. The number of likely N-dealkylation sites (tertiary alicyclic amines) is 1. The third-order valence-electron chi connectivity index (χ3n) is 4.94. The van der Waals surface area contributed by atoms with E-state index in [1.54, 1.807) is 0 Å². The molecular formula is C18H33N3O2. The zero-order valence-corrected chi connectivity index (χ0v) is 15.0. The van der Waals surface area contributed by atoms with Gasteiger partial charge >= 0.3 is 0 Å². The molecule has 132 valence electrons. The number of carbonyl (C=O) groups is 2. The SMILES string of the molecule is CC(C)(C)C(=O)NC1CCN(CC(=O)NC2CCCCC2)CC1. The lowest BCUT2D eigenvalue weighted by molar-refractivity contribution is -0.130. The maximum Gasteiger partial charge on any atom is 0.234 e. The monoisotopic (exact) mass is 323 g/mol. The maximum absolute atomic E-state index is 12.1. The normalized spacial score (nSPS) is 21.9. The Hall–Kier alpha value is -1.10. The Kier molecular flexibility index (Phi) is 6.45. The minimum absolute atomic E-state index is 0.117.